The fourth-order valence-corrected chi connectivity index (χ4v) is 3.98. The van der Waals surface area contributed by atoms with Crippen LogP contribution in [0.3, 0.4) is 0 Å². The molecule has 0 saturated heterocycles. The lowest BCUT2D eigenvalue weighted by Crippen LogP contribution is -2.39. The topological polar surface area (TPSA) is 70.5 Å². The first-order valence-corrected chi connectivity index (χ1v) is 9.75. The third kappa shape index (κ3) is 3.71. The normalized spacial score (nSPS) is 18.9. The summed E-state index contributed by atoms with van der Waals surface area (Å²) in [5.41, 5.74) is 1.79. The molecule has 1 aromatic heterocycles. The molecule has 0 spiro atoms. The van der Waals surface area contributed by atoms with E-state index < -0.39 is 24.2 Å². The van der Waals surface area contributed by atoms with Gasteiger partial charge < -0.3 is 15.1 Å². The van der Waals surface area contributed by atoms with E-state index in [9.17, 15) is 22.8 Å². The summed E-state index contributed by atoms with van der Waals surface area (Å²) in [7, 11) is 1.48. The molecule has 0 bridgehead atoms. The van der Waals surface area contributed by atoms with E-state index in [1.165, 1.54) is 33.7 Å². The zero-order chi connectivity index (χ0) is 21.6. The lowest BCUT2D eigenvalue weighted by molar-refractivity contribution is 0.0477. The van der Waals surface area contributed by atoms with E-state index in [0.29, 0.717) is 29.9 Å². The minimum absolute atomic E-state index is 0.0592. The number of rotatable bonds is 2. The number of fused-ring (bicyclic) bond motifs is 3. The summed E-state index contributed by atoms with van der Waals surface area (Å²) in [6, 6.07) is 3.41. The van der Waals surface area contributed by atoms with Gasteiger partial charge in [-0.1, -0.05) is 11.6 Å². The van der Waals surface area contributed by atoms with Crippen molar-refractivity contribution in [1.82, 2.24) is 19.6 Å². The van der Waals surface area contributed by atoms with E-state index in [1.54, 1.807) is 0 Å². The van der Waals surface area contributed by atoms with Crippen LogP contribution < -0.4 is 5.32 Å². The minimum Gasteiger partial charge on any atom is -0.340 e. The summed E-state index contributed by atoms with van der Waals surface area (Å²) in [5, 5.41) is 6.92. The molecular weight excluding hydrogens is 423 g/mol. The highest BCUT2D eigenvalue weighted by Gasteiger charge is 2.36. The Morgan fingerprint density at radius 1 is 1.33 bits per heavy atom. The van der Waals surface area contributed by atoms with Crippen molar-refractivity contribution in [3.63, 3.8) is 0 Å². The SMILES string of the molecule is CN1CC(C(F)F)Cn2nc3c(c2C1=O)CN(C(=O)Nc1ccc(F)c(Cl)c1)CC3. The molecule has 1 unspecified atom stereocenters. The van der Waals surface area contributed by atoms with Crippen molar-refractivity contribution >= 4 is 29.2 Å². The zero-order valence-corrected chi connectivity index (χ0v) is 16.8. The Morgan fingerprint density at radius 3 is 2.80 bits per heavy atom. The number of carbonyl (C=O) groups is 2. The van der Waals surface area contributed by atoms with Gasteiger partial charge in [-0.3, -0.25) is 9.48 Å². The maximum atomic E-state index is 13.3. The van der Waals surface area contributed by atoms with E-state index in [2.05, 4.69) is 10.4 Å². The Balaban J connectivity index is 1.57. The van der Waals surface area contributed by atoms with E-state index in [0.717, 1.165) is 6.07 Å². The van der Waals surface area contributed by atoms with Crippen molar-refractivity contribution < 1.29 is 22.8 Å². The predicted octanol–water partition coefficient (Wildman–Crippen LogP) is 3.23. The van der Waals surface area contributed by atoms with Gasteiger partial charge in [0.2, 0.25) is 6.43 Å². The average Bonchev–Trinajstić information content (AvgIpc) is 3.00. The molecule has 3 amide bonds. The maximum absolute atomic E-state index is 13.3. The van der Waals surface area contributed by atoms with Crippen molar-refractivity contribution in [3.8, 4) is 0 Å². The average molecular weight is 442 g/mol. The second kappa shape index (κ2) is 7.82. The number of alkyl halides is 2. The predicted molar refractivity (Wildman–Crippen MR) is 103 cm³/mol. The van der Waals surface area contributed by atoms with Crippen molar-refractivity contribution in [3.05, 3.63) is 46.0 Å². The van der Waals surface area contributed by atoms with Crippen LogP contribution in [0.2, 0.25) is 5.02 Å². The van der Waals surface area contributed by atoms with Crippen LogP contribution in [-0.2, 0) is 19.5 Å². The smallest absolute Gasteiger partial charge is 0.322 e. The molecule has 2 aliphatic rings. The van der Waals surface area contributed by atoms with Crippen LogP contribution in [0.4, 0.5) is 23.7 Å². The lowest BCUT2D eigenvalue weighted by Gasteiger charge is -2.27. The van der Waals surface area contributed by atoms with Gasteiger partial charge in [-0.2, -0.15) is 5.10 Å². The first-order valence-electron chi connectivity index (χ1n) is 9.37. The third-order valence-corrected chi connectivity index (χ3v) is 5.67. The van der Waals surface area contributed by atoms with Gasteiger partial charge in [0.15, 0.2) is 0 Å². The van der Waals surface area contributed by atoms with Gasteiger partial charge in [-0.05, 0) is 18.2 Å². The number of aromatic nitrogens is 2. The fraction of sp³-hybridized carbons (Fsp3) is 0.421. The van der Waals surface area contributed by atoms with Crippen molar-refractivity contribution in [2.75, 3.05) is 25.5 Å². The summed E-state index contributed by atoms with van der Waals surface area (Å²) >= 11 is 5.75. The van der Waals surface area contributed by atoms with Crippen LogP contribution in [0.15, 0.2) is 18.2 Å². The molecule has 1 atom stereocenters. The van der Waals surface area contributed by atoms with Crippen LogP contribution in [0, 0.1) is 11.7 Å². The number of amides is 3. The van der Waals surface area contributed by atoms with Gasteiger partial charge in [-0.15, -0.1) is 0 Å². The highest BCUT2D eigenvalue weighted by molar-refractivity contribution is 6.31. The molecule has 3 heterocycles. The second-order valence-corrected chi connectivity index (χ2v) is 7.87. The molecule has 0 saturated carbocycles. The molecule has 4 rings (SSSR count). The number of nitrogens with zero attached hydrogens (tertiary/aromatic N) is 4. The second-order valence-electron chi connectivity index (χ2n) is 7.47. The Kier molecular flexibility index (Phi) is 5.35. The zero-order valence-electron chi connectivity index (χ0n) is 16.0. The highest BCUT2D eigenvalue weighted by Crippen LogP contribution is 2.28. The monoisotopic (exact) mass is 441 g/mol. The molecule has 30 heavy (non-hydrogen) atoms. The molecule has 0 fully saturated rings. The fourth-order valence-electron chi connectivity index (χ4n) is 3.80. The van der Waals surface area contributed by atoms with Gasteiger partial charge in [-0.25, -0.2) is 18.0 Å². The van der Waals surface area contributed by atoms with Crippen molar-refractivity contribution in [1.29, 1.82) is 0 Å². The van der Waals surface area contributed by atoms with Crippen LogP contribution in [0.1, 0.15) is 21.7 Å². The summed E-state index contributed by atoms with van der Waals surface area (Å²) in [4.78, 5) is 28.3. The van der Waals surface area contributed by atoms with Gasteiger partial charge in [0.1, 0.15) is 11.5 Å². The van der Waals surface area contributed by atoms with Crippen molar-refractivity contribution in [2.24, 2.45) is 5.92 Å². The third-order valence-electron chi connectivity index (χ3n) is 5.38. The molecule has 0 aliphatic carbocycles. The summed E-state index contributed by atoms with van der Waals surface area (Å²) < 4.78 is 41.3. The number of halogens is 4. The van der Waals surface area contributed by atoms with E-state index in [1.807, 2.05) is 0 Å². The Morgan fingerprint density at radius 2 is 2.10 bits per heavy atom. The first-order chi connectivity index (χ1) is 14.2. The standard InChI is InChI=1S/C19H19ClF3N5O2/c1-26-7-10(17(22)23)8-28-16(18(26)29)12-9-27(5-4-15(12)25-28)19(30)24-11-2-3-14(21)13(20)6-11/h2-3,6,10,17H,4-5,7-9H2,1H3,(H,24,30). The molecular formula is C19H19ClF3N5O2. The van der Waals surface area contributed by atoms with Gasteiger partial charge >= 0.3 is 6.03 Å². The Labute approximate surface area is 175 Å². The minimum atomic E-state index is -2.57. The molecule has 0 radical (unpaired) electrons. The van der Waals surface area contributed by atoms with E-state index >= 15 is 0 Å². The molecule has 11 heteroatoms. The highest BCUT2D eigenvalue weighted by atomic mass is 35.5. The Bertz CT molecular complexity index is 1010. The molecule has 1 N–H and O–H groups in total. The van der Waals surface area contributed by atoms with E-state index in [4.69, 9.17) is 11.6 Å². The number of hydrogen-bond donors (Lipinski definition) is 1. The number of nitrogens with one attached hydrogen (secondary N) is 1. The lowest BCUT2D eigenvalue weighted by atomic mass is 10.0. The van der Waals surface area contributed by atoms with Crippen LogP contribution in [0.5, 0.6) is 0 Å². The van der Waals surface area contributed by atoms with Crippen LogP contribution in [-0.4, -0.2) is 58.1 Å². The van der Waals surface area contributed by atoms with Crippen LogP contribution >= 0.6 is 11.6 Å². The summed E-state index contributed by atoms with van der Waals surface area (Å²) in [6.07, 6.45) is -2.18. The van der Waals surface area contributed by atoms with Gasteiger partial charge in [0.05, 0.1) is 29.7 Å². The van der Waals surface area contributed by atoms with Gasteiger partial charge in [0.25, 0.3) is 5.91 Å². The molecule has 160 valence electrons. The molecule has 2 aliphatic heterocycles. The number of hydrogen-bond acceptors (Lipinski definition) is 3. The van der Waals surface area contributed by atoms with Gasteiger partial charge in [0, 0.05) is 37.8 Å². The first kappa shape index (κ1) is 20.5. The van der Waals surface area contributed by atoms with Crippen LogP contribution in [0.25, 0.3) is 0 Å². The quantitative estimate of drug-likeness (QED) is 0.778. The number of benzene rings is 1. The summed E-state index contributed by atoms with van der Waals surface area (Å²) in [6.45, 7) is 0.331. The number of carbonyl (C=O) groups excluding carboxylic acids is 2. The van der Waals surface area contributed by atoms with Crippen molar-refractivity contribution in [2.45, 2.75) is 25.9 Å². The Hall–Kier alpha value is -2.75. The number of urea groups is 1. The maximum Gasteiger partial charge on any atom is 0.322 e. The largest absolute Gasteiger partial charge is 0.340 e. The molecule has 2 aromatic rings. The van der Waals surface area contributed by atoms with E-state index in [-0.39, 0.29) is 36.3 Å². The number of anilines is 1. The molecule has 1 aromatic carbocycles. The summed E-state index contributed by atoms with van der Waals surface area (Å²) in [5.74, 6) is -1.99. The molecule has 7 nitrogen and oxygen atoms in total.